The van der Waals surface area contributed by atoms with Crippen LogP contribution in [0.3, 0.4) is 0 Å². The molecule has 0 spiro atoms. The van der Waals surface area contributed by atoms with Gasteiger partial charge in [-0.3, -0.25) is 4.79 Å². The number of aromatic nitrogens is 1. The van der Waals surface area contributed by atoms with Crippen LogP contribution in [0.1, 0.15) is 61.0 Å². The second kappa shape index (κ2) is 8.27. The average Bonchev–Trinajstić information content (AvgIpc) is 2.65. The van der Waals surface area contributed by atoms with Gasteiger partial charge >= 0.3 is 0 Å². The van der Waals surface area contributed by atoms with Gasteiger partial charge in [-0.1, -0.05) is 30.8 Å². The first-order valence-electron chi connectivity index (χ1n) is 7.96. The number of thiazole rings is 1. The van der Waals surface area contributed by atoms with Crippen molar-refractivity contribution in [3.05, 3.63) is 15.6 Å². The molecule has 6 heteroatoms. The third kappa shape index (κ3) is 5.09. The summed E-state index contributed by atoms with van der Waals surface area (Å²) < 4.78 is 0. The number of nitrogens with one attached hydrogen (secondary N) is 1. The minimum Gasteiger partial charge on any atom is -0.385 e. The molecule has 0 saturated heterocycles. The monoisotopic (exact) mass is 323 g/mol. The fraction of sp³-hybridized carbons (Fsp3) is 0.688. The van der Waals surface area contributed by atoms with Crippen LogP contribution in [-0.4, -0.2) is 29.3 Å². The first-order chi connectivity index (χ1) is 10.6. The topological polar surface area (TPSA) is 63.6 Å². The predicted octanol–water partition coefficient (Wildman–Crippen LogP) is 3.34. The van der Waals surface area contributed by atoms with Crippen LogP contribution in [0.4, 0.5) is 0 Å². The van der Waals surface area contributed by atoms with Gasteiger partial charge in [0.2, 0.25) is 0 Å². The van der Waals surface area contributed by atoms with Crippen molar-refractivity contribution >= 4 is 23.0 Å². The summed E-state index contributed by atoms with van der Waals surface area (Å²) in [6, 6.07) is 0.301. The average molecular weight is 323 g/mol. The highest BCUT2D eigenvalue weighted by atomic mass is 32.1. The molecule has 5 nitrogen and oxygen atoms in total. The third-order valence-corrected chi connectivity index (χ3v) is 5.03. The van der Waals surface area contributed by atoms with Gasteiger partial charge in [-0.2, -0.15) is 0 Å². The normalized spacial score (nSPS) is 17.1. The van der Waals surface area contributed by atoms with Crippen LogP contribution in [0.2, 0.25) is 0 Å². The summed E-state index contributed by atoms with van der Waals surface area (Å²) in [5.41, 5.74) is 1.72. The fourth-order valence-electron chi connectivity index (χ4n) is 2.79. The van der Waals surface area contributed by atoms with Gasteiger partial charge in [-0.05, 0) is 33.6 Å². The summed E-state index contributed by atoms with van der Waals surface area (Å²) in [4.78, 5) is 22.5. The van der Waals surface area contributed by atoms with Crippen LogP contribution < -0.4 is 5.32 Å². The van der Waals surface area contributed by atoms with Gasteiger partial charge in [-0.25, -0.2) is 4.98 Å². The Labute approximate surface area is 136 Å². The number of hydrogen-bond donors (Lipinski definition) is 1. The standard InChI is InChI=1S/C16H25N3O2S/c1-11-16(22-13(3)17-11)12(2)19-21-10-15(20)18-14-8-6-4-5-7-9-14/h14H,4-10H2,1-3H3,(H,18,20). The van der Waals surface area contributed by atoms with Crippen LogP contribution in [0.5, 0.6) is 0 Å². The molecule has 2 rings (SSSR count). The lowest BCUT2D eigenvalue weighted by atomic mass is 10.1. The van der Waals surface area contributed by atoms with Crippen LogP contribution in [0, 0.1) is 13.8 Å². The summed E-state index contributed by atoms with van der Waals surface area (Å²) >= 11 is 1.59. The Morgan fingerprint density at radius 2 is 2.00 bits per heavy atom. The maximum absolute atomic E-state index is 11.9. The zero-order chi connectivity index (χ0) is 15.9. The zero-order valence-electron chi connectivity index (χ0n) is 13.6. The second-order valence-electron chi connectivity index (χ2n) is 5.85. The molecule has 1 aromatic rings. The molecule has 1 saturated carbocycles. The quantitative estimate of drug-likeness (QED) is 0.513. The highest BCUT2D eigenvalue weighted by Gasteiger charge is 2.15. The molecular formula is C16H25N3O2S. The van der Waals surface area contributed by atoms with E-state index in [9.17, 15) is 4.79 Å². The van der Waals surface area contributed by atoms with Crippen molar-refractivity contribution in [2.24, 2.45) is 5.16 Å². The molecule has 1 N–H and O–H groups in total. The van der Waals surface area contributed by atoms with Crippen molar-refractivity contribution < 1.29 is 9.63 Å². The summed E-state index contributed by atoms with van der Waals surface area (Å²) in [6.07, 6.45) is 7.11. The Kier molecular flexibility index (Phi) is 6.36. The van der Waals surface area contributed by atoms with E-state index in [-0.39, 0.29) is 12.5 Å². The Morgan fingerprint density at radius 1 is 1.32 bits per heavy atom. The van der Waals surface area contributed by atoms with Crippen molar-refractivity contribution in [1.82, 2.24) is 10.3 Å². The lowest BCUT2D eigenvalue weighted by molar-refractivity contribution is -0.126. The van der Waals surface area contributed by atoms with Gasteiger partial charge in [-0.15, -0.1) is 11.3 Å². The highest BCUT2D eigenvalue weighted by molar-refractivity contribution is 7.13. The number of rotatable bonds is 5. The van der Waals surface area contributed by atoms with Crippen molar-refractivity contribution in [3.63, 3.8) is 0 Å². The van der Waals surface area contributed by atoms with Gasteiger partial charge in [0.05, 0.1) is 21.3 Å². The second-order valence-corrected chi connectivity index (χ2v) is 7.06. The zero-order valence-corrected chi connectivity index (χ0v) is 14.5. The minimum absolute atomic E-state index is 0.0231. The van der Waals surface area contributed by atoms with E-state index in [1.807, 2.05) is 20.8 Å². The van der Waals surface area contributed by atoms with E-state index in [1.165, 1.54) is 25.7 Å². The lowest BCUT2D eigenvalue weighted by Crippen LogP contribution is -2.36. The van der Waals surface area contributed by atoms with Crippen LogP contribution in [-0.2, 0) is 9.63 Å². The van der Waals surface area contributed by atoms with E-state index in [0.717, 1.165) is 34.1 Å². The molecule has 1 aliphatic carbocycles. The van der Waals surface area contributed by atoms with Crippen LogP contribution in [0.25, 0.3) is 0 Å². The molecule has 1 amide bonds. The van der Waals surface area contributed by atoms with E-state index in [4.69, 9.17) is 4.84 Å². The predicted molar refractivity (Wildman–Crippen MR) is 89.4 cm³/mol. The Morgan fingerprint density at radius 3 is 2.59 bits per heavy atom. The molecular weight excluding hydrogens is 298 g/mol. The van der Waals surface area contributed by atoms with Gasteiger partial charge in [0.1, 0.15) is 0 Å². The molecule has 0 unspecified atom stereocenters. The van der Waals surface area contributed by atoms with E-state index >= 15 is 0 Å². The molecule has 122 valence electrons. The molecule has 1 aromatic heterocycles. The summed E-state index contributed by atoms with van der Waals surface area (Å²) in [5, 5.41) is 8.10. The molecule has 1 fully saturated rings. The Hall–Kier alpha value is -1.43. The first-order valence-corrected chi connectivity index (χ1v) is 8.78. The maximum atomic E-state index is 11.9. The smallest absolute Gasteiger partial charge is 0.260 e. The Balaban J connectivity index is 1.78. The third-order valence-electron chi connectivity index (χ3n) is 3.85. The first kappa shape index (κ1) is 16.9. The number of nitrogens with zero attached hydrogens (tertiary/aromatic N) is 2. The van der Waals surface area contributed by atoms with Gasteiger partial charge in [0, 0.05) is 6.04 Å². The number of amides is 1. The number of oxime groups is 1. The SMILES string of the molecule is CC(=NOCC(=O)NC1CCCCCC1)c1sc(C)nc1C. The van der Waals surface area contributed by atoms with E-state index in [0.29, 0.717) is 6.04 Å². The number of carbonyl (C=O) groups is 1. The lowest BCUT2D eigenvalue weighted by Gasteiger charge is -2.15. The molecule has 0 aliphatic heterocycles. The fourth-order valence-corrected chi connectivity index (χ4v) is 3.65. The minimum atomic E-state index is -0.0827. The molecule has 1 aliphatic rings. The van der Waals surface area contributed by atoms with Gasteiger partial charge in [0.15, 0.2) is 6.61 Å². The van der Waals surface area contributed by atoms with Crippen molar-refractivity contribution in [1.29, 1.82) is 0 Å². The van der Waals surface area contributed by atoms with Crippen LogP contribution in [0.15, 0.2) is 5.16 Å². The maximum Gasteiger partial charge on any atom is 0.260 e. The Bertz CT molecular complexity index is 531. The highest BCUT2D eigenvalue weighted by Crippen LogP contribution is 2.18. The van der Waals surface area contributed by atoms with Gasteiger partial charge in [0.25, 0.3) is 5.91 Å². The summed E-state index contributed by atoms with van der Waals surface area (Å²) in [5.74, 6) is -0.0827. The van der Waals surface area contributed by atoms with E-state index in [1.54, 1.807) is 11.3 Å². The number of aryl methyl sites for hydroxylation is 2. The van der Waals surface area contributed by atoms with E-state index < -0.39 is 0 Å². The number of hydrogen-bond acceptors (Lipinski definition) is 5. The summed E-state index contributed by atoms with van der Waals surface area (Å²) in [6.45, 7) is 5.78. The molecule has 22 heavy (non-hydrogen) atoms. The van der Waals surface area contributed by atoms with Gasteiger partial charge < -0.3 is 10.2 Å². The van der Waals surface area contributed by atoms with Crippen LogP contribution >= 0.6 is 11.3 Å². The molecule has 1 heterocycles. The molecule has 0 bridgehead atoms. The molecule has 0 aromatic carbocycles. The molecule has 0 radical (unpaired) electrons. The molecule has 0 atom stereocenters. The van der Waals surface area contributed by atoms with E-state index in [2.05, 4.69) is 15.5 Å². The van der Waals surface area contributed by atoms with Crippen molar-refractivity contribution in [2.75, 3.05) is 6.61 Å². The largest absolute Gasteiger partial charge is 0.385 e. The number of carbonyl (C=O) groups excluding carboxylic acids is 1. The van der Waals surface area contributed by atoms with Crippen molar-refractivity contribution in [2.45, 2.75) is 65.3 Å². The van der Waals surface area contributed by atoms with Crippen molar-refractivity contribution in [3.8, 4) is 0 Å². The summed E-state index contributed by atoms with van der Waals surface area (Å²) in [7, 11) is 0.